The molecule has 0 unspecified atom stereocenters. The number of fused-ring (bicyclic) bond motifs is 6. The highest BCUT2D eigenvalue weighted by Gasteiger charge is 2.36. The Morgan fingerprint density at radius 1 is 0.561 bits per heavy atom. The molecule has 0 aliphatic heterocycles. The van der Waals surface area contributed by atoms with Crippen molar-refractivity contribution in [3.05, 3.63) is 119 Å². The Balaban J connectivity index is 1.74. The summed E-state index contributed by atoms with van der Waals surface area (Å²) in [5, 5.41) is 23.3. The Bertz CT molecular complexity index is 2290. The van der Waals surface area contributed by atoms with E-state index in [2.05, 4.69) is 6.07 Å². The molecule has 0 saturated heterocycles. The molecule has 196 valence electrons. The number of para-hydroxylation sites is 4. The maximum absolute atomic E-state index is 14.4. The van der Waals surface area contributed by atoms with Gasteiger partial charge in [-0.05, 0) is 55.0 Å². The summed E-state index contributed by atoms with van der Waals surface area (Å²) in [6, 6.07) is 32.5. The molecule has 2 heterocycles. The third-order valence-electron chi connectivity index (χ3n) is 7.73. The quantitative estimate of drug-likeness (QED) is 0.220. The minimum absolute atomic E-state index is 0.0752. The molecule has 0 amide bonds. The monoisotopic (exact) mass is 540 g/mol. The average molecular weight is 541 g/mol. The SMILES string of the molecule is Cc1cccc(C#N)c1-n1c2ccccc2c2cc3c4ccccc4n(-c4c(C#N)cccc4C(F)(F)F)c3cc21. The number of hydrogen-bond donors (Lipinski definition) is 0. The number of nitrogens with zero attached hydrogens (tertiary/aromatic N) is 4. The minimum Gasteiger partial charge on any atom is -0.308 e. The molecule has 41 heavy (non-hydrogen) atoms. The predicted molar refractivity (Wildman–Crippen MR) is 154 cm³/mol. The zero-order chi connectivity index (χ0) is 28.5. The molecule has 7 heteroatoms. The number of rotatable bonds is 2. The van der Waals surface area contributed by atoms with E-state index in [9.17, 15) is 23.7 Å². The first-order chi connectivity index (χ1) is 19.8. The second-order valence-electron chi connectivity index (χ2n) is 9.99. The Kier molecular flexibility index (Phi) is 5.22. The average Bonchev–Trinajstić information content (AvgIpc) is 3.47. The third kappa shape index (κ3) is 3.46. The number of aromatic nitrogens is 2. The van der Waals surface area contributed by atoms with E-state index < -0.39 is 11.7 Å². The van der Waals surface area contributed by atoms with Gasteiger partial charge >= 0.3 is 6.18 Å². The van der Waals surface area contributed by atoms with Gasteiger partial charge in [0.2, 0.25) is 0 Å². The second-order valence-corrected chi connectivity index (χ2v) is 9.99. The first-order valence-electron chi connectivity index (χ1n) is 12.9. The molecule has 4 nitrogen and oxygen atoms in total. The zero-order valence-electron chi connectivity index (χ0n) is 21.7. The summed E-state index contributed by atoms with van der Waals surface area (Å²) in [5.74, 6) is 0. The van der Waals surface area contributed by atoms with Gasteiger partial charge in [-0.15, -0.1) is 0 Å². The van der Waals surface area contributed by atoms with Crippen molar-refractivity contribution in [3.63, 3.8) is 0 Å². The number of aryl methyl sites for hydroxylation is 1. The van der Waals surface area contributed by atoms with Gasteiger partial charge < -0.3 is 9.13 Å². The van der Waals surface area contributed by atoms with Gasteiger partial charge in [0.05, 0.1) is 50.1 Å². The molecule has 0 N–H and O–H groups in total. The number of benzene rings is 5. The molecule has 5 aromatic carbocycles. The third-order valence-corrected chi connectivity index (χ3v) is 7.73. The van der Waals surface area contributed by atoms with Crippen molar-refractivity contribution < 1.29 is 13.2 Å². The van der Waals surface area contributed by atoms with Crippen LogP contribution in [0.1, 0.15) is 22.3 Å². The fourth-order valence-corrected chi connectivity index (χ4v) is 6.06. The van der Waals surface area contributed by atoms with Crippen LogP contribution in [-0.2, 0) is 6.18 Å². The van der Waals surface area contributed by atoms with Crippen molar-refractivity contribution in [1.29, 1.82) is 10.5 Å². The molecule has 0 saturated carbocycles. The molecular formula is C34H19F3N4. The van der Waals surface area contributed by atoms with E-state index in [1.165, 1.54) is 12.1 Å². The van der Waals surface area contributed by atoms with E-state index >= 15 is 0 Å². The summed E-state index contributed by atoms with van der Waals surface area (Å²) >= 11 is 0. The maximum Gasteiger partial charge on any atom is 0.418 e. The summed E-state index contributed by atoms with van der Waals surface area (Å²) in [4.78, 5) is 0. The Morgan fingerprint density at radius 3 is 1.63 bits per heavy atom. The van der Waals surface area contributed by atoms with Crippen LogP contribution in [0.3, 0.4) is 0 Å². The lowest BCUT2D eigenvalue weighted by molar-refractivity contribution is -0.137. The Labute approximate surface area is 232 Å². The van der Waals surface area contributed by atoms with Crippen LogP contribution in [0.25, 0.3) is 55.0 Å². The van der Waals surface area contributed by atoms with Crippen LogP contribution in [0.4, 0.5) is 13.2 Å². The molecule has 0 aliphatic rings. The molecular weight excluding hydrogens is 521 g/mol. The van der Waals surface area contributed by atoms with Gasteiger partial charge in [-0.1, -0.05) is 54.6 Å². The van der Waals surface area contributed by atoms with E-state index in [0.717, 1.165) is 49.9 Å². The Hall–Kier alpha value is -5.53. The lowest BCUT2D eigenvalue weighted by Gasteiger charge is -2.17. The highest BCUT2D eigenvalue weighted by molar-refractivity contribution is 6.19. The molecule has 0 spiro atoms. The molecule has 7 rings (SSSR count). The highest BCUT2D eigenvalue weighted by Crippen LogP contribution is 2.43. The van der Waals surface area contributed by atoms with E-state index in [4.69, 9.17) is 0 Å². The van der Waals surface area contributed by atoms with Crippen LogP contribution < -0.4 is 0 Å². The van der Waals surface area contributed by atoms with Crippen molar-refractivity contribution in [2.75, 3.05) is 0 Å². The van der Waals surface area contributed by atoms with Crippen molar-refractivity contribution >= 4 is 43.6 Å². The molecule has 0 fully saturated rings. The van der Waals surface area contributed by atoms with Gasteiger partial charge in [-0.2, -0.15) is 23.7 Å². The van der Waals surface area contributed by atoms with Crippen LogP contribution in [0.5, 0.6) is 0 Å². The first kappa shape index (κ1) is 24.5. The lowest BCUT2D eigenvalue weighted by atomic mass is 10.1. The predicted octanol–water partition coefficient (Wildman–Crippen LogP) is 8.95. The van der Waals surface area contributed by atoms with E-state index in [1.54, 1.807) is 22.8 Å². The number of alkyl halides is 3. The first-order valence-corrected chi connectivity index (χ1v) is 12.9. The Morgan fingerprint density at radius 2 is 1.07 bits per heavy atom. The summed E-state index contributed by atoms with van der Waals surface area (Å²) in [6.45, 7) is 1.94. The fourth-order valence-electron chi connectivity index (χ4n) is 6.06. The highest BCUT2D eigenvalue weighted by atomic mass is 19.4. The smallest absolute Gasteiger partial charge is 0.308 e. The number of nitriles is 2. The van der Waals surface area contributed by atoms with E-state index in [1.807, 2.05) is 78.2 Å². The minimum atomic E-state index is -4.68. The lowest BCUT2D eigenvalue weighted by Crippen LogP contribution is -2.12. The summed E-state index contributed by atoms with van der Waals surface area (Å²) in [5.41, 5.74) is 3.65. The summed E-state index contributed by atoms with van der Waals surface area (Å²) in [6.07, 6.45) is -4.68. The van der Waals surface area contributed by atoms with Crippen molar-refractivity contribution in [3.8, 4) is 23.5 Å². The summed E-state index contributed by atoms with van der Waals surface area (Å²) in [7, 11) is 0. The van der Waals surface area contributed by atoms with Crippen molar-refractivity contribution in [2.24, 2.45) is 0 Å². The van der Waals surface area contributed by atoms with Crippen LogP contribution in [0, 0.1) is 29.6 Å². The number of hydrogen-bond acceptors (Lipinski definition) is 2. The van der Waals surface area contributed by atoms with Gasteiger partial charge in [0, 0.05) is 21.5 Å². The second kappa shape index (κ2) is 8.74. The van der Waals surface area contributed by atoms with Gasteiger partial charge in [0.25, 0.3) is 0 Å². The van der Waals surface area contributed by atoms with Crippen LogP contribution in [0.15, 0.2) is 97.1 Å². The zero-order valence-corrected chi connectivity index (χ0v) is 21.7. The van der Waals surface area contributed by atoms with Crippen LogP contribution in [-0.4, -0.2) is 9.13 Å². The normalized spacial score (nSPS) is 11.9. The molecule has 0 atom stereocenters. The standard InChI is InChI=1S/C34H19F3N4/c1-20-8-6-9-21(18-38)32(20)40-28-14-4-2-11-23(28)25-16-26-24-12-3-5-15-29(24)41(31(26)17-30(25)40)33-22(19-39)10-7-13-27(33)34(35,36)37/h2-17H,1H3. The van der Waals surface area contributed by atoms with Gasteiger partial charge in [0.1, 0.15) is 12.1 Å². The molecule has 2 aromatic heterocycles. The summed E-state index contributed by atoms with van der Waals surface area (Å²) < 4.78 is 46.8. The largest absolute Gasteiger partial charge is 0.418 e. The van der Waals surface area contributed by atoms with Crippen LogP contribution in [0.2, 0.25) is 0 Å². The topological polar surface area (TPSA) is 57.4 Å². The van der Waals surface area contributed by atoms with Gasteiger partial charge in [-0.25, -0.2) is 0 Å². The molecule has 0 bridgehead atoms. The van der Waals surface area contributed by atoms with Gasteiger partial charge in [-0.3, -0.25) is 0 Å². The van der Waals surface area contributed by atoms with E-state index in [0.29, 0.717) is 16.6 Å². The molecule has 0 radical (unpaired) electrons. The van der Waals surface area contributed by atoms with Crippen molar-refractivity contribution in [1.82, 2.24) is 9.13 Å². The maximum atomic E-state index is 14.4. The van der Waals surface area contributed by atoms with Gasteiger partial charge in [0.15, 0.2) is 0 Å². The van der Waals surface area contributed by atoms with Crippen molar-refractivity contribution in [2.45, 2.75) is 13.1 Å². The number of halogens is 3. The van der Waals surface area contributed by atoms with E-state index in [-0.39, 0.29) is 11.3 Å². The fraction of sp³-hybridized carbons (Fsp3) is 0.0588. The molecule has 0 aliphatic carbocycles. The van der Waals surface area contributed by atoms with Crippen LogP contribution >= 0.6 is 0 Å². The molecule has 7 aromatic rings.